The summed E-state index contributed by atoms with van der Waals surface area (Å²) in [6, 6.07) is 12.6. The van der Waals surface area contributed by atoms with E-state index in [2.05, 4.69) is 10.6 Å². The highest BCUT2D eigenvalue weighted by molar-refractivity contribution is 7.99. The average Bonchev–Trinajstić information content (AvgIpc) is 2.55. The molecule has 0 spiro atoms. The molecule has 2 aromatic rings. The molecule has 24 heavy (non-hydrogen) atoms. The molecule has 0 unspecified atom stereocenters. The van der Waals surface area contributed by atoms with E-state index >= 15 is 0 Å². The number of anilines is 2. The molecule has 0 aliphatic carbocycles. The quantitative estimate of drug-likeness (QED) is 0.777. The zero-order chi connectivity index (χ0) is 17.5. The van der Waals surface area contributed by atoms with Crippen LogP contribution in [0, 0.1) is 0 Å². The van der Waals surface area contributed by atoms with Crippen molar-refractivity contribution in [1.29, 1.82) is 0 Å². The number of hydrogen-bond donors (Lipinski definition) is 2. The lowest BCUT2D eigenvalue weighted by Crippen LogP contribution is -2.14. The molecular formula is C18H20N2O3S. The van der Waals surface area contributed by atoms with Crippen molar-refractivity contribution in [2.24, 2.45) is 0 Å². The van der Waals surface area contributed by atoms with Crippen LogP contribution in [-0.4, -0.2) is 24.7 Å². The van der Waals surface area contributed by atoms with E-state index in [0.717, 1.165) is 10.6 Å². The molecule has 0 bridgehead atoms. The van der Waals surface area contributed by atoms with Crippen molar-refractivity contribution < 1.29 is 14.3 Å². The topological polar surface area (TPSA) is 67.4 Å². The number of hydrogen-bond acceptors (Lipinski definition) is 4. The number of carbonyl (C=O) groups is 2. The van der Waals surface area contributed by atoms with Crippen molar-refractivity contribution in [3.05, 3.63) is 48.0 Å². The van der Waals surface area contributed by atoms with Crippen LogP contribution < -0.4 is 15.4 Å². The van der Waals surface area contributed by atoms with Crippen molar-refractivity contribution in [2.75, 3.05) is 23.5 Å². The van der Waals surface area contributed by atoms with Gasteiger partial charge in [0.15, 0.2) is 0 Å². The summed E-state index contributed by atoms with van der Waals surface area (Å²) in [4.78, 5) is 24.8. The Morgan fingerprint density at radius 3 is 2.54 bits per heavy atom. The summed E-state index contributed by atoms with van der Waals surface area (Å²) < 4.78 is 5.29. The van der Waals surface area contributed by atoms with Crippen LogP contribution in [0.25, 0.3) is 0 Å². The van der Waals surface area contributed by atoms with Crippen LogP contribution in [0.15, 0.2) is 47.4 Å². The van der Waals surface area contributed by atoms with Crippen LogP contribution in [0.4, 0.5) is 11.4 Å². The number of ether oxygens (including phenoxy) is 1. The third-order valence-electron chi connectivity index (χ3n) is 3.20. The van der Waals surface area contributed by atoms with Gasteiger partial charge < -0.3 is 15.4 Å². The molecule has 0 saturated heterocycles. The van der Waals surface area contributed by atoms with Crippen LogP contribution in [0.5, 0.6) is 5.75 Å². The third-order valence-corrected chi connectivity index (χ3v) is 4.16. The predicted octanol–water partition coefficient (Wildman–Crippen LogP) is 4.02. The second-order valence-electron chi connectivity index (χ2n) is 4.98. The SMILES string of the molecule is CCSc1ccccc1C(=O)Nc1cc(NC(C)=O)ccc1OC. The Morgan fingerprint density at radius 2 is 1.88 bits per heavy atom. The number of rotatable bonds is 6. The summed E-state index contributed by atoms with van der Waals surface area (Å²) in [5.41, 5.74) is 1.70. The monoisotopic (exact) mass is 344 g/mol. The van der Waals surface area contributed by atoms with Gasteiger partial charge in [0.1, 0.15) is 5.75 Å². The maximum atomic E-state index is 12.6. The molecule has 0 heterocycles. The van der Waals surface area contributed by atoms with E-state index in [4.69, 9.17) is 4.74 Å². The fourth-order valence-corrected chi connectivity index (χ4v) is 3.01. The number of nitrogens with one attached hydrogen (secondary N) is 2. The van der Waals surface area contributed by atoms with Crippen LogP contribution in [0.3, 0.4) is 0 Å². The predicted molar refractivity (Wildman–Crippen MR) is 98.1 cm³/mol. The Labute approximate surface area is 145 Å². The van der Waals surface area contributed by atoms with Gasteiger partial charge in [-0.15, -0.1) is 11.8 Å². The molecule has 2 amide bonds. The van der Waals surface area contributed by atoms with E-state index in [1.165, 1.54) is 14.0 Å². The fraction of sp³-hybridized carbons (Fsp3) is 0.222. The maximum absolute atomic E-state index is 12.6. The van der Waals surface area contributed by atoms with Gasteiger partial charge in [-0.3, -0.25) is 9.59 Å². The first-order valence-electron chi connectivity index (χ1n) is 7.54. The van der Waals surface area contributed by atoms with E-state index in [-0.39, 0.29) is 11.8 Å². The third kappa shape index (κ3) is 4.52. The van der Waals surface area contributed by atoms with Gasteiger partial charge in [0.05, 0.1) is 18.4 Å². The molecule has 2 aromatic carbocycles. The molecule has 0 atom stereocenters. The number of benzene rings is 2. The zero-order valence-corrected chi connectivity index (χ0v) is 14.7. The van der Waals surface area contributed by atoms with Gasteiger partial charge in [-0.25, -0.2) is 0 Å². The van der Waals surface area contributed by atoms with Crippen molar-refractivity contribution in [2.45, 2.75) is 18.7 Å². The number of carbonyl (C=O) groups excluding carboxylic acids is 2. The van der Waals surface area contributed by atoms with Gasteiger partial charge in [0.25, 0.3) is 5.91 Å². The van der Waals surface area contributed by atoms with Crippen molar-refractivity contribution >= 4 is 35.0 Å². The minimum absolute atomic E-state index is 0.179. The minimum Gasteiger partial charge on any atom is -0.495 e. The van der Waals surface area contributed by atoms with Gasteiger partial charge in [-0.2, -0.15) is 0 Å². The van der Waals surface area contributed by atoms with Gasteiger partial charge in [-0.1, -0.05) is 19.1 Å². The van der Waals surface area contributed by atoms with Gasteiger partial charge in [-0.05, 0) is 36.1 Å². The fourth-order valence-electron chi connectivity index (χ4n) is 2.21. The highest BCUT2D eigenvalue weighted by Gasteiger charge is 2.14. The molecule has 0 saturated carbocycles. The summed E-state index contributed by atoms with van der Waals surface area (Å²) in [5.74, 6) is 1.01. The summed E-state index contributed by atoms with van der Waals surface area (Å²) in [6.45, 7) is 3.47. The van der Waals surface area contributed by atoms with E-state index in [9.17, 15) is 9.59 Å². The summed E-state index contributed by atoms with van der Waals surface area (Å²) >= 11 is 1.61. The lowest BCUT2D eigenvalue weighted by Gasteiger charge is -2.13. The molecule has 0 aliphatic rings. The van der Waals surface area contributed by atoms with E-state index < -0.39 is 0 Å². The lowest BCUT2D eigenvalue weighted by molar-refractivity contribution is -0.114. The molecule has 2 N–H and O–H groups in total. The molecule has 0 aliphatic heterocycles. The molecule has 6 heteroatoms. The summed E-state index contributed by atoms with van der Waals surface area (Å²) in [7, 11) is 1.53. The Balaban J connectivity index is 2.29. The van der Waals surface area contributed by atoms with Gasteiger partial charge in [0, 0.05) is 17.5 Å². The summed E-state index contributed by atoms with van der Waals surface area (Å²) in [5, 5.41) is 5.55. The smallest absolute Gasteiger partial charge is 0.256 e. The Kier molecular flexibility index (Phi) is 6.26. The minimum atomic E-state index is -0.218. The number of amides is 2. The number of methoxy groups -OCH3 is 1. The van der Waals surface area contributed by atoms with Crippen molar-refractivity contribution in [1.82, 2.24) is 0 Å². The standard InChI is InChI=1S/C18H20N2O3S/c1-4-24-17-8-6-5-7-14(17)18(22)20-15-11-13(19-12(2)21)9-10-16(15)23-3/h5-11H,4H2,1-3H3,(H,19,21)(H,20,22). The zero-order valence-electron chi connectivity index (χ0n) is 13.9. The van der Waals surface area contributed by atoms with E-state index in [1.807, 2.05) is 25.1 Å². The van der Waals surface area contributed by atoms with Crippen molar-refractivity contribution in [3.63, 3.8) is 0 Å². The van der Waals surface area contributed by atoms with Gasteiger partial charge >= 0.3 is 0 Å². The van der Waals surface area contributed by atoms with Crippen LogP contribution in [-0.2, 0) is 4.79 Å². The van der Waals surface area contributed by atoms with E-state index in [0.29, 0.717) is 22.7 Å². The maximum Gasteiger partial charge on any atom is 0.256 e. The first kappa shape index (κ1) is 17.9. The molecule has 2 rings (SSSR count). The molecular weight excluding hydrogens is 324 g/mol. The first-order chi connectivity index (χ1) is 11.5. The lowest BCUT2D eigenvalue weighted by atomic mass is 10.2. The second kappa shape index (κ2) is 8.40. The highest BCUT2D eigenvalue weighted by Crippen LogP contribution is 2.29. The Hall–Kier alpha value is -2.47. The highest BCUT2D eigenvalue weighted by atomic mass is 32.2. The van der Waals surface area contributed by atoms with Crippen LogP contribution >= 0.6 is 11.8 Å². The van der Waals surface area contributed by atoms with Crippen LogP contribution in [0.2, 0.25) is 0 Å². The average molecular weight is 344 g/mol. The van der Waals surface area contributed by atoms with Crippen LogP contribution in [0.1, 0.15) is 24.2 Å². The number of thioether (sulfide) groups is 1. The molecule has 5 nitrogen and oxygen atoms in total. The summed E-state index contributed by atoms with van der Waals surface area (Å²) in [6.07, 6.45) is 0. The molecule has 0 radical (unpaired) electrons. The molecule has 126 valence electrons. The van der Waals surface area contributed by atoms with Crippen molar-refractivity contribution in [3.8, 4) is 5.75 Å². The largest absolute Gasteiger partial charge is 0.495 e. The van der Waals surface area contributed by atoms with E-state index in [1.54, 1.807) is 36.0 Å². The first-order valence-corrected chi connectivity index (χ1v) is 8.52. The molecule has 0 aromatic heterocycles. The second-order valence-corrected chi connectivity index (χ2v) is 6.29. The Bertz CT molecular complexity index is 747. The van der Waals surface area contributed by atoms with Gasteiger partial charge in [0.2, 0.25) is 5.91 Å². The molecule has 0 fully saturated rings. The normalized spacial score (nSPS) is 10.1. The Morgan fingerprint density at radius 1 is 1.12 bits per heavy atom.